The molecule has 0 bridgehead atoms. The molecule has 0 atom stereocenters. The van der Waals surface area contributed by atoms with E-state index in [-0.39, 0.29) is 36.9 Å². The van der Waals surface area contributed by atoms with Crippen LogP contribution in [-0.4, -0.2) is 59.1 Å². The molecule has 0 saturated carbocycles. The van der Waals surface area contributed by atoms with Gasteiger partial charge in [-0.3, -0.25) is 19.0 Å². The molecule has 1 aromatic heterocycles. The van der Waals surface area contributed by atoms with Crippen LogP contribution in [0.2, 0.25) is 0 Å². The fourth-order valence-electron chi connectivity index (χ4n) is 2.71. The summed E-state index contributed by atoms with van der Waals surface area (Å²) in [5.41, 5.74) is 0.338. The fourth-order valence-corrected chi connectivity index (χ4v) is 2.71. The third-order valence-electron chi connectivity index (χ3n) is 4.07. The van der Waals surface area contributed by atoms with Gasteiger partial charge in [0.05, 0.1) is 30.4 Å². The van der Waals surface area contributed by atoms with Crippen LogP contribution in [0.1, 0.15) is 6.42 Å². The van der Waals surface area contributed by atoms with Gasteiger partial charge in [0, 0.05) is 26.1 Å². The molecule has 1 aromatic carbocycles. The smallest absolute Gasteiger partial charge is 0.261 e. The summed E-state index contributed by atoms with van der Waals surface area (Å²) in [6.07, 6.45) is 1.60. The second-order valence-corrected chi connectivity index (χ2v) is 5.79. The van der Waals surface area contributed by atoms with Gasteiger partial charge in [0.2, 0.25) is 11.8 Å². The topological polar surface area (TPSA) is 93.5 Å². The zero-order valence-corrected chi connectivity index (χ0v) is 13.8. The van der Waals surface area contributed by atoms with Gasteiger partial charge in [0.25, 0.3) is 5.56 Å². The number of benzene rings is 1. The summed E-state index contributed by atoms with van der Waals surface area (Å²) in [7, 11) is 0. The number of fused-ring (bicyclic) bond motifs is 1. The lowest BCUT2D eigenvalue weighted by Crippen LogP contribution is -2.42. The van der Waals surface area contributed by atoms with Crippen LogP contribution in [-0.2, 0) is 20.9 Å². The highest BCUT2D eigenvalue weighted by Crippen LogP contribution is 2.04. The maximum atomic E-state index is 12.3. The van der Waals surface area contributed by atoms with Crippen molar-refractivity contribution in [3.8, 4) is 0 Å². The number of para-hydroxylation sites is 1. The van der Waals surface area contributed by atoms with Crippen molar-refractivity contribution in [3.05, 3.63) is 40.9 Å². The summed E-state index contributed by atoms with van der Waals surface area (Å²) in [6.45, 7) is 2.40. The summed E-state index contributed by atoms with van der Waals surface area (Å²) in [5, 5.41) is 3.14. The van der Waals surface area contributed by atoms with E-state index in [1.807, 2.05) is 0 Å². The molecule has 2 amide bonds. The van der Waals surface area contributed by atoms with Crippen molar-refractivity contribution in [2.45, 2.75) is 13.0 Å². The van der Waals surface area contributed by atoms with Crippen molar-refractivity contribution in [2.75, 3.05) is 32.8 Å². The molecule has 25 heavy (non-hydrogen) atoms. The van der Waals surface area contributed by atoms with Crippen LogP contribution in [0.25, 0.3) is 10.9 Å². The molecule has 2 heterocycles. The molecule has 1 aliphatic rings. The highest BCUT2D eigenvalue weighted by atomic mass is 16.5. The molecule has 0 radical (unpaired) electrons. The molecule has 1 saturated heterocycles. The number of aromatic nitrogens is 2. The Morgan fingerprint density at radius 2 is 1.96 bits per heavy atom. The first-order valence-electron chi connectivity index (χ1n) is 8.21. The van der Waals surface area contributed by atoms with Crippen molar-refractivity contribution in [3.63, 3.8) is 0 Å². The van der Waals surface area contributed by atoms with Gasteiger partial charge in [0.1, 0.15) is 6.54 Å². The number of morpholine rings is 1. The molecule has 8 nitrogen and oxygen atoms in total. The van der Waals surface area contributed by atoms with E-state index in [0.717, 1.165) is 0 Å². The molecule has 0 unspecified atom stereocenters. The summed E-state index contributed by atoms with van der Waals surface area (Å²) >= 11 is 0. The predicted octanol–water partition coefficient (Wildman–Crippen LogP) is -0.238. The van der Waals surface area contributed by atoms with Crippen LogP contribution in [0.4, 0.5) is 0 Å². The average molecular weight is 344 g/mol. The highest BCUT2D eigenvalue weighted by molar-refractivity contribution is 5.80. The highest BCUT2D eigenvalue weighted by Gasteiger charge is 2.16. The molecule has 0 aliphatic carbocycles. The van der Waals surface area contributed by atoms with Crippen LogP contribution in [0.5, 0.6) is 0 Å². The Morgan fingerprint density at radius 3 is 2.76 bits per heavy atom. The van der Waals surface area contributed by atoms with E-state index in [1.54, 1.807) is 29.2 Å². The van der Waals surface area contributed by atoms with E-state index in [2.05, 4.69) is 10.3 Å². The maximum absolute atomic E-state index is 12.3. The lowest BCUT2D eigenvalue weighted by Gasteiger charge is -2.26. The van der Waals surface area contributed by atoms with E-state index < -0.39 is 0 Å². The Morgan fingerprint density at radius 1 is 1.20 bits per heavy atom. The van der Waals surface area contributed by atoms with Gasteiger partial charge < -0.3 is 15.0 Å². The number of rotatable bonds is 5. The van der Waals surface area contributed by atoms with Crippen molar-refractivity contribution >= 4 is 22.7 Å². The Balaban J connectivity index is 1.52. The van der Waals surface area contributed by atoms with Crippen molar-refractivity contribution < 1.29 is 14.3 Å². The Labute approximate surface area is 144 Å². The zero-order chi connectivity index (χ0) is 17.6. The van der Waals surface area contributed by atoms with Gasteiger partial charge in [-0.15, -0.1) is 0 Å². The SMILES string of the molecule is O=C(Cn1cnc2ccccc2c1=O)NCCC(=O)N1CCOCC1. The molecular weight excluding hydrogens is 324 g/mol. The van der Waals surface area contributed by atoms with Gasteiger partial charge in [-0.05, 0) is 12.1 Å². The van der Waals surface area contributed by atoms with Crippen molar-refractivity contribution in [2.24, 2.45) is 0 Å². The minimum atomic E-state index is -0.325. The van der Waals surface area contributed by atoms with Crippen molar-refractivity contribution in [1.82, 2.24) is 19.8 Å². The number of ether oxygens (including phenoxy) is 1. The largest absolute Gasteiger partial charge is 0.378 e. The number of nitrogens with one attached hydrogen (secondary N) is 1. The third-order valence-corrected chi connectivity index (χ3v) is 4.07. The van der Waals surface area contributed by atoms with E-state index in [9.17, 15) is 14.4 Å². The first-order chi connectivity index (χ1) is 12.1. The minimum Gasteiger partial charge on any atom is -0.378 e. The van der Waals surface area contributed by atoms with Gasteiger partial charge in [0.15, 0.2) is 0 Å². The molecular formula is C17H20N4O4. The number of carbonyl (C=O) groups is 2. The molecule has 8 heteroatoms. The molecule has 1 aliphatic heterocycles. The Bertz CT molecular complexity index is 827. The molecule has 2 aromatic rings. The lowest BCUT2D eigenvalue weighted by atomic mass is 10.2. The fraction of sp³-hybridized carbons (Fsp3) is 0.412. The van der Waals surface area contributed by atoms with Gasteiger partial charge in [-0.1, -0.05) is 12.1 Å². The molecule has 0 spiro atoms. The monoisotopic (exact) mass is 344 g/mol. The molecule has 1 N–H and O–H groups in total. The average Bonchev–Trinajstić information content (AvgIpc) is 2.65. The number of nitrogens with zero attached hydrogens (tertiary/aromatic N) is 3. The van der Waals surface area contributed by atoms with Gasteiger partial charge in [-0.2, -0.15) is 0 Å². The van der Waals surface area contributed by atoms with Crippen LogP contribution in [0.15, 0.2) is 35.4 Å². The first kappa shape index (κ1) is 17.1. The van der Waals surface area contributed by atoms with Crippen LogP contribution in [0, 0.1) is 0 Å². The Kier molecular flexibility index (Phi) is 5.39. The number of amides is 2. The first-order valence-corrected chi connectivity index (χ1v) is 8.21. The molecule has 3 rings (SSSR count). The second kappa shape index (κ2) is 7.89. The standard InChI is InChI=1S/C17H20N4O4/c22-15(18-6-5-16(23)20-7-9-25-10-8-20)11-21-12-19-14-4-2-1-3-13(14)17(21)24/h1-4,12H,5-11H2,(H,18,22). The number of hydrogen-bond acceptors (Lipinski definition) is 5. The van der Waals surface area contributed by atoms with E-state index in [4.69, 9.17) is 4.74 Å². The third kappa shape index (κ3) is 4.21. The van der Waals surface area contributed by atoms with Gasteiger partial charge >= 0.3 is 0 Å². The summed E-state index contributed by atoms with van der Waals surface area (Å²) < 4.78 is 6.46. The predicted molar refractivity (Wildman–Crippen MR) is 91.0 cm³/mol. The van der Waals surface area contributed by atoms with Crippen molar-refractivity contribution in [1.29, 1.82) is 0 Å². The molecule has 132 valence electrons. The van der Waals surface area contributed by atoms with Gasteiger partial charge in [-0.25, -0.2) is 4.98 Å². The summed E-state index contributed by atoms with van der Waals surface area (Å²) in [6, 6.07) is 6.99. The van der Waals surface area contributed by atoms with Crippen LogP contribution >= 0.6 is 0 Å². The number of carbonyl (C=O) groups excluding carboxylic acids is 2. The van der Waals surface area contributed by atoms with Crippen LogP contribution in [0.3, 0.4) is 0 Å². The summed E-state index contributed by atoms with van der Waals surface area (Å²) in [5.74, 6) is -0.331. The number of hydrogen-bond donors (Lipinski definition) is 1. The normalized spacial score (nSPS) is 14.5. The maximum Gasteiger partial charge on any atom is 0.261 e. The Hall–Kier alpha value is -2.74. The van der Waals surface area contributed by atoms with E-state index >= 15 is 0 Å². The van der Waals surface area contributed by atoms with E-state index in [1.165, 1.54) is 10.9 Å². The lowest BCUT2D eigenvalue weighted by molar-refractivity contribution is -0.135. The van der Waals surface area contributed by atoms with E-state index in [0.29, 0.717) is 37.2 Å². The van der Waals surface area contributed by atoms with Crippen LogP contribution < -0.4 is 10.9 Å². The molecule has 1 fully saturated rings. The minimum absolute atomic E-state index is 0.00635. The quantitative estimate of drug-likeness (QED) is 0.808. The second-order valence-electron chi connectivity index (χ2n) is 5.79. The zero-order valence-electron chi connectivity index (χ0n) is 13.8. The summed E-state index contributed by atoms with van der Waals surface area (Å²) in [4.78, 5) is 42.2.